The van der Waals surface area contributed by atoms with E-state index in [9.17, 15) is 4.79 Å². The maximum atomic E-state index is 10.4. The number of aliphatic hydroxyl groups is 1. The zero-order valence-corrected chi connectivity index (χ0v) is 8.78. The third-order valence-corrected chi connectivity index (χ3v) is 2.27. The molecule has 0 fully saturated rings. The van der Waals surface area contributed by atoms with Crippen LogP contribution in [0.4, 0.5) is 0 Å². The van der Waals surface area contributed by atoms with Crippen molar-refractivity contribution in [2.45, 2.75) is 6.42 Å². The topological polar surface area (TPSA) is 81.0 Å². The van der Waals surface area contributed by atoms with Gasteiger partial charge < -0.3 is 20.1 Å². The molecule has 86 valence electrons. The fourth-order valence-electron chi connectivity index (χ4n) is 1.34. The summed E-state index contributed by atoms with van der Waals surface area (Å²) in [5, 5.41) is 26.7. The molecule has 0 saturated carbocycles. The quantitative estimate of drug-likeness (QED) is 0.305. The lowest BCUT2D eigenvalue weighted by atomic mass is 9.79. The van der Waals surface area contributed by atoms with E-state index in [0.29, 0.717) is 24.8 Å². The molecule has 6 heteroatoms. The molecule has 0 aliphatic heterocycles. The summed E-state index contributed by atoms with van der Waals surface area (Å²) in [5.74, 6) is 0. The first kappa shape index (κ1) is 12.7. The smallest absolute Gasteiger partial charge is 0.423 e. The number of aliphatic hydroxyl groups excluding tert-OH is 1. The molecule has 1 rings (SSSR count). The monoisotopic (exact) mass is 223 g/mol. The van der Waals surface area contributed by atoms with Gasteiger partial charge in [0.2, 0.25) is 6.41 Å². The van der Waals surface area contributed by atoms with Crippen molar-refractivity contribution in [2.24, 2.45) is 0 Å². The molecule has 0 radical (unpaired) electrons. The van der Waals surface area contributed by atoms with E-state index in [0.717, 1.165) is 5.56 Å². The predicted octanol–water partition coefficient (Wildman–Crippen LogP) is -1.68. The van der Waals surface area contributed by atoms with Gasteiger partial charge in [-0.05, 0) is 17.4 Å². The van der Waals surface area contributed by atoms with E-state index in [2.05, 4.69) is 0 Å². The van der Waals surface area contributed by atoms with E-state index in [1.807, 2.05) is 6.07 Å². The van der Waals surface area contributed by atoms with Gasteiger partial charge in [0.25, 0.3) is 0 Å². The van der Waals surface area contributed by atoms with E-state index in [1.54, 1.807) is 18.2 Å². The third kappa shape index (κ3) is 3.65. The summed E-state index contributed by atoms with van der Waals surface area (Å²) < 4.78 is 0. The number of carbonyl (C=O) groups excluding carboxylic acids is 1. The molecule has 0 heterocycles. The van der Waals surface area contributed by atoms with Crippen molar-refractivity contribution in [3.05, 3.63) is 29.8 Å². The molecule has 0 aliphatic carbocycles. The van der Waals surface area contributed by atoms with Crippen molar-refractivity contribution in [1.29, 1.82) is 0 Å². The number of hydrogen-bond donors (Lipinski definition) is 3. The molecule has 0 bridgehead atoms. The van der Waals surface area contributed by atoms with E-state index >= 15 is 0 Å². The Kier molecular flexibility index (Phi) is 4.98. The second-order valence-corrected chi connectivity index (χ2v) is 3.43. The first-order valence-corrected chi connectivity index (χ1v) is 4.92. The van der Waals surface area contributed by atoms with Gasteiger partial charge in [0.15, 0.2) is 0 Å². The van der Waals surface area contributed by atoms with Crippen LogP contribution in [0.15, 0.2) is 24.3 Å². The zero-order chi connectivity index (χ0) is 12.0. The zero-order valence-electron chi connectivity index (χ0n) is 8.78. The van der Waals surface area contributed by atoms with Crippen LogP contribution in [0, 0.1) is 0 Å². The van der Waals surface area contributed by atoms with Crippen molar-refractivity contribution in [3.8, 4) is 0 Å². The second-order valence-electron chi connectivity index (χ2n) is 3.43. The minimum atomic E-state index is -1.49. The van der Waals surface area contributed by atoms with Crippen LogP contribution in [0.25, 0.3) is 0 Å². The van der Waals surface area contributed by atoms with Crippen molar-refractivity contribution in [2.75, 3.05) is 13.3 Å². The second kappa shape index (κ2) is 6.27. The van der Waals surface area contributed by atoms with Crippen LogP contribution in [0.3, 0.4) is 0 Å². The fourth-order valence-corrected chi connectivity index (χ4v) is 1.34. The highest BCUT2D eigenvalue weighted by molar-refractivity contribution is 6.58. The van der Waals surface area contributed by atoms with Gasteiger partial charge in [-0.2, -0.15) is 0 Å². The molecule has 3 N–H and O–H groups in total. The highest BCUT2D eigenvalue weighted by Crippen LogP contribution is 1.99. The first-order valence-electron chi connectivity index (χ1n) is 4.92. The lowest BCUT2D eigenvalue weighted by molar-refractivity contribution is -0.121. The number of rotatable bonds is 6. The number of nitrogens with zero attached hydrogens (tertiary/aromatic N) is 1. The van der Waals surface area contributed by atoms with Gasteiger partial charge >= 0.3 is 7.12 Å². The van der Waals surface area contributed by atoms with Gasteiger partial charge in [-0.3, -0.25) is 4.79 Å². The van der Waals surface area contributed by atoms with E-state index < -0.39 is 7.12 Å². The summed E-state index contributed by atoms with van der Waals surface area (Å²) in [6, 6.07) is 6.81. The Morgan fingerprint density at radius 1 is 1.38 bits per heavy atom. The van der Waals surface area contributed by atoms with Gasteiger partial charge in [-0.15, -0.1) is 0 Å². The van der Waals surface area contributed by atoms with Crippen molar-refractivity contribution >= 4 is 19.0 Å². The van der Waals surface area contributed by atoms with Crippen LogP contribution < -0.4 is 5.46 Å². The first-order chi connectivity index (χ1) is 7.67. The van der Waals surface area contributed by atoms with Crippen LogP contribution >= 0.6 is 0 Å². The molecule has 0 aliphatic rings. The van der Waals surface area contributed by atoms with Gasteiger partial charge in [0, 0.05) is 6.54 Å². The summed E-state index contributed by atoms with van der Waals surface area (Å²) >= 11 is 0. The van der Waals surface area contributed by atoms with Crippen molar-refractivity contribution in [3.63, 3.8) is 0 Å². The van der Waals surface area contributed by atoms with Gasteiger partial charge in [0.1, 0.15) is 6.73 Å². The number of benzene rings is 1. The summed E-state index contributed by atoms with van der Waals surface area (Å²) in [6.07, 6.45) is 1.13. The SMILES string of the molecule is O=CN(CO)CCc1cccc(B(O)O)c1. The minimum Gasteiger partial charge on any atom is -0.423 e. The summed E-state index contributed by atoms with van der Waals surface area (Å²) in [6.45, 7) is 0.0802. The van der Waals surface area contributed by atoms with Gasteiger partial charge in [-0.25, -0.2) is 0 Å². The van der Waals surface area contributed by atoms with Gasteiger partial charge in [-0.1, -0.05) is 24.3 Å². The molecule has 16 heavy (non-hydrogen) atoms. The summed E-state index contributed by atoms with van der Waals surface area (Å²) in [5.41, 5.74) is 1.30. The Bertz CT molecular complexity index is 345. The summed E-state index contributed by atoms with van der Waals surface area (Å²) in [4.78, 5) is 11.6. The van der Waals surface area contributed by atoms with Crippen LogP contribution in [0.1, 0.15) is 5.56 Å². The minimum absolute atomic E-state index is 0.314. The predicted molar refractivity (Wildman–Crippen MR) is 59.8 cm³/mol. The molecule has 0 aromatic heterocycles. The van der Waals surface area contributed by atoms with E-state index in [1.165, 1.54) is 4.90 Å². The number of hydrogen-bond acceptors (Lipinski definition) is 4. The number of amides is 1. The molecule has 0 spiro atoms. The molecular formula is C10H14BNO4. The Labute approximate surface area is 94.1 Å². The highest BCUT2D eigenvalue weighted by atomic mass is 16.4. The third-order valence-electron chi connectivity index (χ3n) is 2.27. The number of carbonyl (C=O) groups is 1. The van der Waals surface area contributed by atoms with Crippen molar-refractivity contribution in [1.82, 2.24) is 4.90 Å². The highest BCUT2D eigenvalue weighted by Gasteiger charge is 2.10. The molecule has 0 atom stereocenters. The Morgan fingerprint density at radius 2 is 2.12 bits per heavy atom. The largest absolute Gasteiger partial charge is 0.488 e. The van der Waals surface area contributed by atoms with Crippen LogP contribution in [0.5, 0.6) is 0 Å². The van der Waals surface area contributed by atoms with Gasteiger partial charge in [0.05, 0.1) is 0 Å². The van der Waals surface area contributed by atoms with Crippen LogP contribution in [-0.2, 0) is 11.2 Å². The molecule has 0 unspecified atom stereocenters. The molecule has 1 aromatic carbocycles. The van der Waals surface area contributed by atoms with E-state index in [-0.39, 0.29) is 6.73 Å². The maximum absolute atomic E-state index is 10.4. The molecule has 1 aromatic rings. The Balaban J connectivity index is 2.60. The van der Waals surface area contributed by atoms with E-state index in [4.69, 9.17) is 15.2 Å². The lowest BCUT2D eigenvalue weighted by Crippen LogP contribution is -2.30. The fraction of sp³-hybridized carbons (Fsp3) is 0.300. The molecule has 1 amide bonds. The average molecular weight is 223 g/mol. The lowest BCUT2D eigenvalue weighted by Gasteiger charge is -2.13. The molecule has 0 saturated heterocycles. The maximum Gasteiger partial charge on any atom is 0.488 e. The Morgan fingerprint density at radius 3 is 2.69 bits per heavy atom. The molecular weight excluding hydrogens is 209 g/mol. The van der Waals surface area contributed by atoms with Crippen LogP contribution in [0.2, 0.25) is 0 Å². The standard InChI is InChI=1S/C10H14BNO4/c13-7-12(8-14)5-4-9-2-1-3-10(6-9)11(15)16/h1-3,6-7,14-16H,4-5,8H2. The van der Waals surface area contributed by atoms with Crippen molar-refractivity contribution < 1.29 is 19.9 Å². The Hall–Kier alpha value is -1.37. The normalized spacial score (nSPS) is 9.94. The molecule has 5 nitrogen and oxygen atoms in total. The summed E-state index contributed by atoms with van der Waals surface area (Å²) in [7, 11) is -1.49. The average Bonchev–Trinajstić information content (AvgIpc) is 2.31. The van der Waals surface area contributed by atoms with Crippen LogP contribution in [-0.4, -0.2) is 46.9 Å².